The van der Waals surface area contributed by atoms with Crippen LogP contribution in [0.1, 0.15) is 24.2 Å². The second kappa shape index (κ2) is 7.88. The molecule has 1 rings (SSSR count). The number of carbonyl (C=O) groups excluding carboxylic acids is 3. The number of ether oxygens (including phenoxy) is 2. The molecule has 7 nitrogen and oxygen atoms in total. The number of nitrogens with two attached hydrogens (primary N) is 1. The number of esters is 1. The zero-order valence-electron chi connectivity index (χ0n) is 11.9. The normalized spacial score (nSPS) is 10.0. The number of benzene rings is 1. The minimum Gasteiger partial charge on any atom is -0.493 e. The third-order valence-electron chi connectivity index (χ3n) is 2.25. The Morgan fingerprint density at radius 2 is 2.00 bits per heavy atom. The second-order valence-electron chi connectivity index (χ2n) is 4.72. The van der Waals surface area contributed by atoms with Gasteiger partial charge in [0.15, 0.2) is 6.61 Å². The first kappa shape index (κ1) is 16.5. The van der Waals surface area contributed by atoms with Crippen molar-refractivity contribution in [3.63, 3.8) is 0 Å². The van der Waals surface area contributed by atoms with Gasteiger partial charge >= 0.3 is 12.0 Å². The van der Waals surface area contributed by atoms with Crippen molar-refractivity contribution in [3.05, 3.63) is 29.8 Å². The maximum absolute atomic E-state index is 11.8. The molecule has 0 atom stereocenters. The van der Waals surface area contributed by atoms with Crippen LogP contribution in [0.15, 0.2) is 24.3 Å². The molecule has 0 spiro atoms. The van der Waals surface area contributed by atoms with Crippen LogP contribution in [0.25, 0.3) is 0 Å². The molecule has 0 saturated carbocycles. The fourth-order valence-corrected chi connectivity index (χ4v) is 1.36. The van der Waals surface area contributed by atoms with Crippen molar-refractivity contribution in [1.29, 1.82) is 0 Å². The third-order valence-corrected chi connectivity index (χ3v) is 2.25. The molecule has 0 unspecified atom stereocenters. The number of imide groups is 1. The van der Waals surface area contributed by atoms with Crippen LogP contribution >= 0.6 is 0 Å². The largest absolute Gasteiger partial charge is 0.493 e. The van der Waals surface area contributed by atoms with E-state index in [9.17, 15) is 14.4 Å². The highest BCUT2D eigenvalue weighted by Gasteiger charge is 2.12. The van der Waals surface area contributed by atoms with Crippen molar-refractivity contribution in [3.8, 4) is 5.75 Å². The maximum Gasteiger partial charge on any atom is 0.338 e. The number of nitrogens with one attached hydrogen (secondary N) is 1. The molecule has 0 saturated heterocycles. The van der Waals surface area contributed by atoms with Gasteiger partial charge in [-0.25, -0.2) is 9.59 Å². The molecule has 0 fully saturated rings. The molecule has 0 aromatic heterocycles. The minimum absolute atomic E-state index is 0.253. The summed E-state index contributed by atoms with van der Waals surface area (Å²) >= 11 is 0. The Morgan fingerprint density at radius 3 is 2.62 bits per heavy atom. The van der Waals surface area contributed by atoms with Crippen molar-refractivity contribution in [2.24, 2.45) is 11.7 Å². The predicted octanol–water partition coefficient (Wildman–Crippen LogP) is 1.07. The number of hydrogen-bond acceptors (Lipinski definition) is 5. The van der Waals surface area contributed by atoms with E-state index in [-0.39, 0.29) is 5.56 Å². The lowest BCUT2D eigenvalue weighted by atomic mass is 10.2. The standard InChI is InChI=1S/C14H18N2O5/c1-9(2)7-20-11-5-3-4-10(6-11)13(18)21-8-12(17)16-14(15)19/h3-6,9H,7-8H2,1-2H3,(H3,15,16,17,19). The zero-order chi connectivity index (χ0) is 15.8. The Morgan fingerprint density at radius 1 is 1.29 bits per heavy atom. The fraction of sp³-hybridized carbons (Fsp3) is 0.357. The van der Waals surface area contributed by atoms with Gasteiger partial charge in [0.1, 0.15) is 5.75 Å². The summed E-state index contributed by atoms with van der Waals surface area (Å²) in [5.74, 6) is -0.578. The van der Waals surface area contributed by atoms with E-state index in [4.69, 9.17) is 15.2 Å². The van der Waals surface area contributed by atoms with E-state index in [2.05, 4.69) is 0 Å². The lowest BCUT2D eigenvalue weighted by molar-refractivity contribution is -0.123. The molecule has 0 heterocycles. The average molecular weight is 294 g/mol. The van der Waals surface area contributed by atoms with Gasteiger partial charge in [-0.15, -0.1) is 0 Å². The Hall–Kier alpha value is -2.57. The summed E-state index contributed by atoms with van der Waals surface area (Å²) in [4.78, 5) is 33.3. The van der Waals surface area contributed by atoms with E-state index in [1.807, 2.05) is 13.8 Å². The maximum atomic E-state index is 11.8. The van der Waals surface area contributed by atoms with Crippen molar-refractivity contribution in [2.45, 2.75) is 13.8 Å². The van der Waals surface area contributed by atoms with E-state index >= 15 is 0 Å². The molecule has 21 heavy (non-hydrogen) atoms. The lowest BCUT2D eigenvalue weighted by Gasteiger charge is -2.09. The molecule has 0 radical (unpaired) electrons. The molecule has 1 aromatic rings. The Balaban J connectivity index is 2.56. The molecule has 114 valence electrons. The zero-order valence-corrected chi connectivity index (χ0v) is 11.9. The van der Waals surface area contributed by atoms with E-state index in [1.54, 1.807) is 17.4 Å². The van der Waals surface area contributed by atoms with Gasteiger partial charge in [-0.3, -0.25) is 10.1 Å². The van der Waals surface area contributed by atoms with E-state index in [1.165, 1.54) is 12.1 Å². The monoisotopic (exact) mass is 294 g/mol. The van der Waals surface area contributed by atoms with Gasteiger partial charge in [0.05, 0.1) is 12.2 Å². The van der Waals surface area contributed by atoms with Gasteiger partial charge in [-0.2, -0.15) is 0 Å². The first-order valence-corrected chi connectivity index (χ1v) is 6.37. The van der Waals surface area contributed by atoms with Crippen molar-refractivity contribution >= 4 is 17.9 Å². The molecular weight excluding hydrogens is 276 g/mol. The summed E-state index contributed by atoms with van der Waals surface area (Å²) < 4.78 is 10.2. The second-order valence-corrected chi connectivity index (χ2v) is 4.72. The highest BCUT2D eigenvalue weighted by atomic mass is 16.5. The number of urea groups is 1. The smallest absolute Gasteiger partial charge is 0.338 e. The summed E-state index contributed by atoms with van der Waals surface area (Å²) in [5.41, 5.74) is 5.01. The molecule has 3 amide bonds. The lowest BCUT2D eigenvalue weighted by Crippen LogP contribution is -2.37. The molecular formula is C14H18N2O5. The Bertz CT molecular complexity index is 528. The number of rotatable bonds is 6. The van der Waals surface area contributed by atoms with Crippen LogP contribution in [0, 0.1) is 5.92 Å². The van der Waals surface area contributed by atoms with Gasteiger partial charge in [0, 0.05) is 0 Å². The summed E-state index contributed by atoms with van der Waals surface area (Å²) in [6, 6.07) is 5.43. The van der Waals surface area contributed by atoms with Crippen LogP contribution in [0.4, 0.5) is 4.79 Å². The predicted molar refractivity (Wildman–Crippen MR) is 74.8 cm³/mol. The SMILES string of the molecule is CC(C)COc1cccc(C(=O)OCC(=O)NC(N)=O)c1. The highest BCUT2D eigenvalue weighted by molar-refractivity contribution is 5.96. The number of carbonyl (C=O) groups is 3. The van der Waals surface area contributed by atoms with Crippen LogP contribution < -0.4 is 15.8 Å². The van der Waals surface area contributed by atoms with Crippen LogP contribution in [0.3, 0.4) is 0 Å². The summed E-state index contributed by atoms with van der Waals surface area (Å²) in [6.07, 6.45) is 0. The topological polar surface area (TPSA) is 108 Å². The van der Waals surface area contributed by atoms with E-state index < -0.39 is 24.5 Å². The van der Waals surface area contributed by atoms with Crippen LogP contribution in [0.5, 0.6) is 5.75 Å². The summed E-state index contributed by atoms with van der Waals surface area (Å²) in [6.45, 7) is 3.96. The number of primary amides is 1. The molecule has 0 aliphatic rings. The van der Waals surface area contributed by atoms with E-state index in [0.29, 0.717) is 18.3 Å². The number of amides is 3. The average Bonchev–Trinajstić information content (AvgIpc) is 2.42. The third kappa shape index (κ3) is 6.42. The molecule has 7 heteroatoms. The van der Waals surface area contributed by atoms with Crippen molar-refractivity contribution < 1.29 is 23.9 Å². The highest BCUT2D eigenvalue weighted by Crippen LogP contribution is 2.15. The van der Waals surface area contributed by atoms with Gasteiger partial charge < -0.3 is 15.2 Å². The van der Waals surface area contributed by atoms with Crippen molar-refractivity contribution in [2.75, 3.05) is 13.2 Å². The molecule has 0 bridgehead atoms. The Kier molecular flexibility index (Phi) is 6.19. The van der Waals surface area contributed by atoms with Crippen molar-refractivity contribution in [1.82, 2.24) is 5.32 Å². The van der Waals surface area contributed by atoms with Crippen LogP contribution in [0.2, 0.25) is 0 Å². The van der Waals surface area contributed by atoms with Crippen LogP contribution in [-0.4, -0.2) is 31.1 Å². The summed E-state index contributed by atoms with van der Waals surface area (Å²) in [7, 11) is 0. The molecule has 3 N–H and O–H groups in total. The first-order chi connectivity index (χ1) is 9.88. The first-order valence-electron chi connectivity index (χ1n) is 6.37. The van der Waals surface area contributed by atoms with Gasteiger partial charge in [-0.05, 0) is 24.1 Å². The van der Waals surface area contributed by atoms with E-state index in [0.717, 1.165) is 0 Å². The van der Waals surface area contributed by atoms with Gasteiger partial charge in [-0.1, -0.05) is 19.9 Å². The quantitative estimate of drug-likeness (QED) is 0.763. The summed E-state index contributed by atoms with van der Waals surface area (Å²) in [5, 5.41) is 1.79. The fourth-order valence-electron chi connectivity index (χ4n) is 1.36. The van der Waals surface area contributed by atoms with Gasteiger partial charge in [0.2, 0.25) is 0 Å². The molecule has 1 aromatic carbocycles. The Labute approximate surface area is 122 Å². The van der Waals surface area contributed by atoms with Gasteiger partial charge in [0.25, 0.3) is 5.91 Å². The molecule has 0 aliphatic carbocycles. The molecule has 0 aliphatic heterocycles. The number of hydrogen-bond donors (Lipinski definition) is 2. The minimum atomic E-state index is -1.000. The van der Waals surface area contributed by atoms with Crippen LogP contribution in [-0.2, 0) is 9.53 Å².